The van der Waals surface area contributed by atoms with Crippen LogP contribution in [0, 0.1) is 0 Å². The van der Waals surface area contributed by atoms with Crippen LogP contribution in [0.1, 0.15) is 35.7 Å². The standard InChI is InChI=1S/C16H20N2O/c1-19-10-11-5-6-15-13(9-11)12-3-2-4-14-16(12)18(15)8-7-17-14/h5-6,9,14,17H,2-4,7-8,10H2,1H3/p+1/t14-/m0/s1. The number of hydrogen-bond acceptors (Lipinski definition) is 1. The van der Waals surface area contributed by atoms with Gasteiger partial charge in [0.1, 0.15) is 6.04 Å². The lowest BCUT2D eigenvalue weighted by Crippen LogP contribution is -2.88. The minimum atomic E-state index is 0.704. The molecule has 1 aromatic carbocycles. The van der Waals surface area contributed by atoms with Crippen molar-refractivity contribution in [1.82, 2.24) is 4.57 Å². The van der Waals surface area contributed by atoms with Gasteiger partial charge in [-0.05, 0) is 36.1 Å². The van der Waals surface area contributed by atoms with E-state index < -0.39 is 0 Å². The molecule has 1 aromatic heterocycles. The Morgan fingerprint density at radius 2 is 2.37 bits per heavy atom. The van der Waals surface area contributed by atoms with Crippen LogP contribution in [0.2, 0.25) is 0 Å². The van der Waals surface area contributed by atoms with Gasteiger partial charge in [-0.3, -0.25) is 0 Å². The first-order valence-electron chi connectivity index (χ1n) is 7.34. The van der Waals surface area contributed by atoms with Crippen LogP contribution in [-0.4, -0.2) is 18.2 Å². The number of fused-ring (bicyclic) bond motifs is 3. The van der Waals surface area contributed by atoms with Gasteiger partial charge in [0.05, 0.1) is 25.4 Å². The summed E-state index contributed by atoms with van der Waals surface area (Å²) >= 11 is 0. The Hall–Kier alpha value is -1.32. The summed E-state index contributed by atoms with van der Waals surface area (Å²) in [7, 11) is 1.77. The van der Waals surface area contributed by atoms with E-state index in [1.165, 1.54) is 42.3 Å². The second-order valence-electron chi connectivity index (χ2n) is 5.82. The molecule has 1 aliphatic carbocycles. The lowest BCUT2D eigenvalue weighted by atomic mass is 9.90. The molecular formula is C16H21N2O+. The van der Waals surface area contributed by atoms with Gasteiger partial charge in [-0.1, -0.05) is 6.07 Å². The monoisotopic (exact) mass is 257 g/mol. The Labute approximate surface area is 113 Å². The van der Waals surface area contributed by atoms with Gasteiger partial charge in [0.25, 0.3) is 0 Å². The number of aryl methyl sites for hydroxylation is 1. The van der Waals surface area contributed by atoms with Gasteiger partial charge >= 0.3 is 0 Å². The van der Waals surface area contributed by atoms with Crippen LogP contribution in [0.4, 0.5) is 0 Å². The summed E-state index contributed by atoms with van der Waals surface area (Å²) in [5.41, 5.74) is 5.95. The summed E-state index contributed by atoms with van der Waals surface area (Å²) in [4.78, 5) is 0. The van der Waals surface area contributed by atoms with Gasteiger partial charge in [0, 0.05) is 24.4 Å². The molecule has 19 heavy (non-hydrogen) atoms. The maximum absolute atomic E-state index is 5.27. The Bertz CT molecular complexity index is 627. The number of aromatic nitrogens is 1. The number of hydrogen-bond donors (Lipinski definition) is 1. The van der Waals surface area contributed by atoms with Crippen LogP contribution in [0.15, 0.2) is 18.2 Å². The predicted octanol–water partition coefficient (Wildman–Crippen LogP) is 1.74. The van der Waals surface area contributed by atoms with Gasteiger partial charge in [0.2, 0.25) is 0 Å². The fourth-order valence-electron chi connectivity index (χ4n) is 3.94. The highest BCUT2D eigenvalue weighted by Crippen LogP contribution is 2.37. The van der Waals surface area contributed by atoms with Crippen LogP contribution >= 0.6 is 0 Å². The average molecular weight is 257 g/mol. The van der Waals surface area contributed by atoms with E-state index in [2.05, 4.69) is 28.1 Å². The van der Waals surface area contributed by atoms with Crippen molar-refractivity contribution in [3.8, 4) is 0 Å². The summed E-state index contributed by atoms with van der Waals surface area (Å²) < 4.78 is 7.85. The van der Waals surface area contributed by atoms with Crippen molar-refractivity contribution in [1.29, 1.82) is 0 Å². The highest BCUT2D eigenvalue weighted by atomic mass is 16.5. The third kappa shape index (κ3) is 1.65. The fourth-order valence-corrected chi connectivity index (χ4v) is 3.94. The van der Waals surface area contributed by atoms with Gasteiger partial charge in [0.15, 0.2) is 0 Å². The molecule has 0 bridgehead atoms. The molecule has 0 saturated heterocycles. The predicted molar refractivity (Wildman–Crippen MR) is 75.1 cm³/mol. The molecule has 2 aliphatic rings. The molecule has 0 amide bonds. The van der Waals surface area contributed by atoms with Gasteiger partial charge in [-0.25, -0.2) is 0 Å². The maximum atomic E-state index is 5.27. The molecule has 3 nitrogen and oxygen atoms in total. The number of ether oxygens (including phenoxy) is 1. The van der Waals surface area contributed by atoms with Crippen molar-refractivity contribution in [2.75, 3.05) is 13.7 Å². The number of benzene rings is 1. The quantitative estimate of drug-likeness (QED) is 0.873. The van der Waals surface area contributed by atoms with Crippen LogP contribution in [0.5, 0.6) is 0 Å². The summed E-state index contributed by atoms with van der Waals surface area (Å²) in [5.74, 6) is 0. The zero-order valence-corrected chi connectivity index (χ0v) is 11.5. The first kappa shape index (κ1) is 11.5. The van der Waals surface area contributed by atoms with Crippen molar-refractivity contribution in [3.05, 3.63) is 35.0 Å². The molecule has 2 N–H and O–H groups in total. The van der Waals surface area contributed by atoms with E-state index in [1.807, 2.05) is 0 Å². The number of rotatable bonds is 2. The summed E-state index contributed by atoms with van der Waals surface area (Å²) in [6, 6.07) is 7.57. The lowest BCUT2D eigenvalue weighted by molar-refractivity contribution is -0.704. The third-order valence-corrected chi connectivity index (χ3v) is 4.68. The van der Waals surface area contributed by atoms with Crippen LogP contribution in [0.3, 0.4) is 0 Å². The van der Waals surface area contributed by atoms with E-state index in [0.29, 0.717) is 12.6 Å². The summed E-state index contributed by atoms with van der Waals surface area (Å²) in [6.07, 6.45) is 3.93. The number of nitrogens with two attached hydrogens (primary N) is 1. The smallest absolute Gasteiger partial charge is 0.127 e. The lowest BCUT2D eigenvalue weighted by Gasteiger charge is -2.27. The highest BCUT2D eigenvalue weighted by Gasteiger charge is 2.32. The van der Waals surface area contributed by atoms with Gasteiger partial charge in [-0.2, -0.15) is 0 Å². The first-order chi connectivity index (χ1) is 9.38. The summed E-state index contributed by atoms with van der Waals surface area (Å²) in [6.45, 7) is 3.10. The van der Waals surface area contributed by atoms with Crippen LogP contribution in [-0.2, 0) is 24.3 Å². The Morgan fingerprint density at radius 3 is 3.26 bits per heavy atom. The molecule has 0 unspecified atom stereocenters. The van der Waals surface area contributed by atoms with E-state index in [1.54, 1.807) is 18.4 Å². The largest absolute Gasteiger partial charge is 0.380 e. The number of methoxy groups -OCH3 is 1. The van der Waals surface area contributed by atoms with Crippen molar-refractivity contribution in [3.63, 3.8) is 0 Å². The molecule has 1 atom stereocenters. The van der Waals surface area contributed by atoms with E-state index in [0.717, 1.165) is 6.54 Å². The number of nitrogens with zero attached hydrogens (tertiary/aromatic N) is 1. The molecule has 0 spiro atoms. The zero-order valence-electron chi connectivity index (χ0n) is 11.5. The highest BCUT2D eigenvalue weighted by molar-refractivity contribution is 5.86. The number of quaternary nitrogens is 1. The van der Waals surface area contributed by atoms with Gasteiger partial charge < -0.3 is 14.6 Å². The molecule has 0 fully saturated rings. The molecule has 0 radical (unpaired) electrons. The second kappa shape index (κ2) is 4.36. The minimum absolute atomic E-state index is 0.704. The average Bonchev–Trinajstić information content (AvgIpc) is 2.77. The SMILES string of the molecule is COCc1ccc2c(c1)c1c3n2CC[NH2+][C@H]3CCC1. The molecule has 2 aromatic rings. The van der Waals surface area contributed by atoms with Gasteiger partial charge in [-0.15, -0.1) is 0 Å². The molecule has 1 aliphatic heterocycles. The topological polar surface area (TPSA) is 30.8 Å². The molecule has 2 heterocycles. The van der Waals surface area contributed by atoms with E-state index in [4.69, 9.17) is 4.74 Å². The second-order valence-corrected chi connectivity index (χ2v) is 5.82. The van der Waals surface area contributed by atoms with Crippen molar-refractivity contribution < 1.29 is 10.1 Å². The molecular weight excluding hydrogens is 236 g/mol. The third-order valence-electron chi connectivity index (χ3n) is 4.68. The van der Waals surface area contributed by atoms with Crippen molar-refractivity contribution >= 4 is 10.9 Å². The van der Waals surface area contributed by atoms with E-state index >= 15 is 0 Å². The minimum Gasteiger partial charge on any atom is -0.380 e. The molecule has 3 heteroatoms. The first-order valence-corrected chi connectivity index (χ1v) is 7.34. The normalized spacial score (nSPS) is 21.6. The Balaban J connectivity index is 1.96. The molecule has 0 saturated carbocycles. The maximum Gasteiger partial charge on any atom is 0.127 e. The summed E-state index contributed by atoms with van der Waals surface area (Å²) in [5, 5.41) is 4.01. The van der Waals surface area contributed by atoms with Crippen molar-refractivity contribution in [2.45, 2.75) is 38.5 Å². The zero-order chi connectivity index (χ0) is 12.8. The fraction of sp³-hybridized carbons (Fsp3) is 0.500. The van der Waals surface area contributed by atoms with E-state index in [9.17, 15) is 0 Å². The van der Waals surface area contributed by atoms with E-state index in [-0.39, 0.29) is 0 Å². The van der Waals surface area contributed by atoms with Crippen LogP contribution in [0.25, 0.3) is 10.9 Å². The Kier molecular flexibility index (Phi) is 2.64. The molecule has 4 rings (SSSR count). The van der Waals surface area contributed by atoms with Crippen LogP contribution < -0.4 is 5.32 Å². The van der Waals surface area contributed by atoms with Crippen molar-refractivity contribution in [2.24, 2.45) is 0 Å². The Morgan fingerprint density at radius 1 is 1.42 bits per heavy atom. The molecule has 100 valence electrons.